The molecule has 2 aliphatic rings. The summed E-state index contributed by atoms with van der Waals surface area (Å²) in [5.41, 5.74) is 3.46. The fourth-order valence-electron chi connectivity index (χ4n) is 5.44. The minimum absolute atomic E-state index is 0.0345. The first-order valence-electron chi connectivity index (χ1n) is 12.8. The number of urea groups is 1. The Morgan fingerprint density at radius 3 is 2.27 bits per heavy atom. The van der Waals surface area contributed by atoms with Crippen LogP contribution in [0.5, 0.6) is 0 Å². The fraction of sp³-hybridized carbons (Fsp3) is 0.483. The zero-order chi connectivity index (χ0) is 26.7. The molecule has 0 aromatic heterocycles. The first-order chi connectivity index (χ1) is 17.7. The van der Waals surface area contributed by atoms with Crippen molar-refractivity contribution >= 4 is 17.8 Å². The van der Waals surface area contributed by atoms with Crippen LogP contribution in [0.25, 0.3) is 0 Å². The van der Waals surface area contributed by atoms with Gasteiger partial charge in [-0.1, -0.05) is 42.0 Å². The second-order valence-electron chi connectivity index (χ2n) is 10.3. The topological polar surface area (TPSA) is 88.2 Å². The third kappa shape index (κ3) is 5.86. The number of benzene rings is 2. The van der Waals surface area contributed by atoms with Gasteiger partial charge in [-0.15, -0.1) is 0 Å². The van der Waals surface area contributed by atoms with E-state index in [-0.39, 0.29) is 54.6 Å². The number of nitrogens with zero attached hydrogens (tertiary/aromatic N) is 2. The highest BCUT2D eigenvalue weighted by molar-refractivity contribution is 5.99. The molecule has 0 radical (unpaired) electrons. The highest BCUT2D eigenvalue weighted by Gasteiger charge is 2.51. The number of hydrogen-bond donors (Lipinski definition) is 1. The summed E-state index contributed by atoms with van der Waals surface area (Å²) in [4.78, 5) is 43.0. The molecule has 2 aromatic carbocycles. The maximum absolute atomic E-state index is 13.8. The molecule has 1 aliphatic heterocycles. The van der Waals surface area contributed by atoms with Gasteiger partial charge in [-0.05, 0) is 56.9 Å². The monoisotopic (exact) mass is 507 g/mol. The molecular formula is C29H37N3O5. The molecular weight excluding hydrogens is 470 g/mol. The summed E-state index contributed by atoms with van der Waals surface area (Å²) < 4.78 is 11.4. The first-order valence-corrected chi connectivity index (χ1v) is 12.8. The minimum Gasteiger partial charge on any atom is -0.379 e. The molecule has 198 valence electrons. The Balaban J connectivity index is 1.61. The maximum atomic E-state index is 13.8. The second kappa shape index (κ2) is 11.4. The number of hydrogen-bond acceptors (Lipinski definition) is 5. The van der Waals surface area contributed by atoms with Crippen molar-refractivity contribution in [3.05, 3.63) is 70.8 Å². The molecule has 4 rings (SSSR count). The van der Waals surface area contributed by atoms with Crippen molar-refractivity contribution in [2.24, 2.45) is 5.92 Å². The number of methoxy groups -OCH3 is 2. The van der Waals surface area contributed by atoms with Gasteiger partial charge in [0.15, 0.2) is 0 Å². The van der Waals surface area contributed by atoms with Gasteiger partial charge >= 0.3 is 6.03 Å². The van der Waals surface area contributed by atoms with E-state index in [0.717, 1.165) is 16.7 Å². The van der Waals surface area contributed by atoms with Gasteiger partial charge in [0.05, 0.1) is 24.7 Å². The lowest BCUT2D eigenvalue weighted by Crippen LogP contribution is -2.64. The smallest absolute Gasteiger partial charge is 0.327 e. The van der Waals surface area contributed by atoms with E-state index in [0.29, 0.717) is 24.9 Å². The van der Waals surface area contributed by atoms with Crippen LogP contribution in [0.4, 0.5) is 4.79 Å². The molecule has 2 aromatic rings. The van der Waals surface area contributed by atoms with Crippen LogP contribution in [0.2, 0.25) is 0 Å². The van der Waals surface area contributed by atoms with E-state index in [2.05, 4.69) is 11.4 Å². The summed E-state index contributed by atoms with van der Waals surface area (Å²) in [5.74, 6) is -0.719. The Bertz CT molecular complexity index is 1130. The zero-order valence-electron chi connectivity index (χ0n) is 22.3. The second-order valence-corrected chi connectivity index (χ2v) is 10.3. The van der Waals surface area contributed by atoms with Crippen LogP contribution in [0.1, 0.15) is 53.7 Å². The van der Waals surface area contributed by atoms with E-state index >= 15 is 0 Å². The summed E-state index contributed by atoms with van der Waals surface area (Å²) in [5, 5.41) is 2.87. The predicted octanol–water partition coefficient (Wildman–Crippen LogP) is 3.91. The molecule has 1 N–H and O–H groups in total. The van der Waals surface area contributed by atoms with Crippen LogP contribution in [0, 0.1) is 12.8 Å². The molecule has 8 heteroatoms. The van der Waals surface area contributed by atoms with E-state index in [9.17, 15) is 14.4 Å². The van der Waals surface area contributed by atoms with Crippen LogP contribution >= 0.6 is 0 Å². The quantitative estimate of drug-likeness (QED) is 0.585. The maximum Gasteiger partial charge on any atom is 0.327 e. The molecule has 1 saturated heterocycles. The van der Waals surface area contributed by atoms with Crippen molar-refractivity contribution in [3.8, 4) is 0 Å². The van der Waals surface area contributed by atoms with Crippen LogP contribution in [0.3, 0.4) is 0 Å². The SMILES string of the molecule is COC1CC2C(=O)N(Cc3ccc(C(=O)NC(C)C)cc3)C(=O)N(Cc3cccc(C)c3)C2CC1OC. The molecule has 4 amide bonds. The Labute approximate surface area is 218 Å². The van der Waals surface area contributed by atoms with Gasteiger partial charge in [-0.3, -0.25) is 14.5 Å². The normalized spacial score (nSPS) is 23.8. The number of carbonyl (C=O) groups is 3. The van der Waals surface area contributed by atoms with Crippen molar-refractivity contribution in [1.29, 1.82) is 0 Å². The van der Waals surface area contributed by atoms with Gasteiger partial charge < -0.3 is 19.7 Å². The highest BCUT2D eigenvalue weighted by Crippen LogP contribution is 2.38. The lowest BCUT2D eigenvalue weighted by Gasteiger charge is -2.50. The summed E-state index contributed by atoms with van der Waals surface area (Å²) in [6, 6.07) is 14.6. The number of imide groups is 1. The number of carbonyl (C=O) groups excluding carboxylic acids is 3. The summed E-state index contributed by atoms with van der Waals surface area (Å²) in [7, 11) is 3.28. The first kappa shape index (κ1) is 26.8. The molecule has 37 heavy (non-hydrogen) atoms. The Hall–Kier alpha value is -3.23. The predicted molar refractivity (Wildman–Crippen MR) is 140 cm³/mol. The summed E-state index contributed by atoms with van der Waals surface area (Å²) >= 11 is 0. The molecule has 0 bridgehead atoms. The van der Waals surface area contributed by atoms with Gasteiger partial charge in [0, 0.05) is 38.4 Å². The van der Waals surface area contributed by atoms with Crippen LogP contribution in [0.15, 0.2) is 48.5 Å². The Morgan fingerprint density at radius 1 is 0.973 bits per heavy atom. The number of rotatable bonds is 8. The van der Waals surface area contributed by atoms with Crippen LogP contribution in [-0.4, -0.2) is 66.2 Å². The van der Waals surface area contributed by atoms with E-state index in [4.69, 9.17) is 9.47 Å². The third-order valence-electron chi connectivity index (χ3n) is 7.32. The molecule has 8 nitrogen and oxygen atoms in total. The summed E-state index contributed by atoms with van der Waals surface area (Å²) in [6.45, 7) is 6.39. The molecule has 4 atom stereocenters. The average Bonchev–Trinajstić information content (AvgIpc) is 2.88. The zero-order valence-corrected chi connectivity index (χ0v) is 22.3. The number of fused-ring (bicyclic) bond motifs is 1. The highest BCUT2D eigenvalue weighted by atomic mass is 16.5. The Kier molecular flexibility index (Phi) is 8.29. The fourth-order valence-corrected chi connectivity index (χ4v) is 5.44. The van der Waals surface area contributed by atoms with Crippen LogP contribution < -0.4 is 5.32 Å². The van der Waals surface area contributed by atoms with Crippen molar-refractivity contribution < 1.29 is 23.9 Å². The van der Waals surface area contributed by atoms with Gasteiger partial charge in [-0.2, -0.15) is 0 Å². The molecule has 4 unspecified atom stereocenters. The van der Waals surface area contributed by atoms with E-state index in [1.54, 1.807) is 38.5 Å². The number of aryl methyl sites for hydroxylation is 1. The van der Waals surface area contributed by atoms with Gasteiger partial charge in [0.1, 0.15) is 0 Å². The van der Waals surface area contributed by atoms with E-state index < -0.39 is 0 Å². The van der Waals surface area contributed by atoms with Gasteiger partial charge in [0.25, 0.3) is 5.91 Å². The molecule has 0 spiro atoms. The summed E-state index contributed by atoms with van der Waals surface area (Å²) in [6.07, 6.45) is 0.616. The Morgan fingerprint density at radius 2 is 1.65 bits per heavy atom. The standard InChI is InChI=1S/C29H37N3O5/c1-18(2)30-27(33)22-11-9-20(10-12-22)16-32-28(34)23-14-25(36-4)26(37-5)15-24(23)31(29(32)35)17-21-8-6-7-19(3)13-21/h6-13,18,23-26H,14-17H2,1-5H3,(H,30,33). The molecule has 1 saturated carbocycles. The lowest BCUT2D eigenvalue weighted by atomic mass is 9.77. The molecule has 1 heterocycles. The largest absolute Gasteiger partial charge is 0.379 e. The van der Waals surface area contributed by atoms with Crippen molar-refractivity contribution in [1.82, 2.24) is 15.1 Å². The number of ether oxygens (including phenoxy) is 2. The van der Waals surface area contributed by atoms with Crippen molar-refractivity contribution in [2.75, 3.05) is 14.2 Å². The third-order valence-corrected chi connectivity index (χ3v) is 7.32. The molecule has 1 aliphatic carbocycles. The van der Waals surface area contributed by atoms with E-state index in [1.807, 2.05) is 43.9 Å². The molecule has 2 fully saturated rings. The van der Waals surface area contributed by atoms with Crippen molar-refractivity contribution in [3.63, 3.8) is 0 Å². The lowest BCUT2D eigenvalue weighted by molar-refractivity contribution is -0.152. The van der Waals surface area contributed by atoms with Gasteiger partial charge in [-0.25, -0.2) is 4.79 Å². The number of nitrogens with one attached hydrogen (secondary N) is 1. The van der Waals surface area contributed by atoms with E-state index in [1.165, 1.54) is 4.90 Å². The minimum atomic E-state index is -0.380. The number of amides is 4. The van der Waals surface area contributed by atoms with Gasteiger partial charge in [0.2, 0.25) is 5.91 Å². The van der Waals surface area contributed by atoms with Crippen LogP contribution in [-0.2, 0) is 27.4 Å². The van der Waals surface area contributed by atoms with Crippen molar-refractivity contribution in [2.45, 2.75) is 71.0 Å². The average molecular weight is 508 g/mol.